The first-order chi connectivity index (χ1) is 15.3. The number of carbonyl (C=O) groups is 1. The number of carbonyl (C=O) groups excluding carboxylic acids is 1. The highest BCUT2D eigenvalue weighted by Crippen LogP contribution is 2.43. The van der Waals surface area contributed by atoms with E-state index >= 15 is 0 Å². The largest absolute Gasteiger partial charge is 0.366 e. The first-order valence-corrected chi connectivity index (χ1v) is 11.2. The molecule has 3 aromatic rings. The second kappa shape index (κ2) is 8.73. The van der Waals surface area contributed by atoms with Gasteiger partial charge in [-0.25, -0.2) is 9.82 Å². The molecule has 0 fully saturated rings. The molecule has 0 aromatic heterocycles. The summed E-state index contributed by atoms with van der Waals surface area (Å²) in [5.41, 5.74) is 5.93. The standard InChI is InChI=1S/C27H30FN3O/c1-5-31-25-15-24(28)21(13-23(25)18(2)16-27(31,3)4)17-29-30-26(32)14-20-11-8-10-19-9-6-7-12-22(19)20/h6-13,15,17-18H,5,14,16H2,1-4H3,(H,30,32)/b29-17-. The first-order valence-electron chi connectivity index (χ1n) is 11.2. The first kappa shape index (κ1) is 22.0. The summed E-state index contributed by atoms with van der Waals surface area (Å²) < 4.78 is 14.9. The Hall–Kier alpha value is -3.21. The van der Waals surface area contributed by atoms with Gasteiger partial charge in [-0.1, -0.05) is 49.4 Å². The number of benzene rings is 3. The van der Waals surface area contributed by atoms with Crippen LogP contribution in [0, 0.1) is 5.82 Å². The van der Waals surface area contributed by atoms with Crippen LogP contribution in [0.25, 0.3) is 10.8 Å². The highest BCUT2D eigenvalue weighted by atomic mass is 19.1. The fourth-order valence-electron chi connectivity index (χ4n) is 5.05. The third-order valence-electron chi connectivity index (χ3n) is 6.44. The van der Waals surface area contributed by atoms with E-state index in [9.17, 15) is 9.18 Å². The molecule has 0 spiro atoms. The minimum Gasteiger partial charge on any atom is -0.366 e. The molecule has 1 unspecified atom stereocenters. The van der Waals surface area contributed by atoms with Crippen molar-refractivity contribution in [3.63, 3.8) is 0 Å². The Bertz CT molecular complexity index is 1180. The van der Waals surface area contributed by atoms with Crippen molar-refractivity contribution in [2.75, 3.05) is 11.4 Å². The quantitative estimate of drug-likeness (QED) is 0.411. The van der Waals surface area contributed by atoms with Gasteiger partial charge in [0, 0.05) is 23.3 Å². The molecule has 0 radical (unpaired) electrons. The molecule has 1 aliphatic rings. The van der Waals surface area contributed by atoms with Gasteiger partial charge in [0.25, 0.3) is 0 Å². The molecular formula is C27H30FN3O. The fraction of sp³-hybridized carbons (Fsp3) is 0.333. The van der Waals surface area contributed by atoms with Crippen molar-refractivity contribution >= 4 is 28.6 Å². The monoisotopic (exact) mass is 431 g/mol. The highest BCUT2D eigenvalue weighted by molar-refractivity contribution is 5.91. The van der Waals surface area contributed by atoms with Crippen molar-refractivity contribution in [2.24, 2.45) is 5.10 Å². The van der Waals surface area contributed by atoms with Gasteiger partial charge in [0.2, 0.25) is 5.91 Å². The molecule has 166 valence electrons. The van der Waals surface area contributed by atoms with Crippen molar-refractivity contribution in [1.82, 2.24) is 5.43 Å². The van der Waals surface area contributed by atoms with Gasteiger partial charge in [0.1, 0.15) is 5.82 Å². The number of nitrogens with one attached hydrogen (secondary N) is 1. The van der Waals surface area contributed by atoms with Crippen LogP contribution in [0.5, 0.6) is 0 Å². The number of hydrogen-bond donors (Lipinski definition) is 1. The molecule has 4 nitrogen and oxygen atoms in total. The summed E-state index contributed by atoms with van der Waals surface area (Å²) in [5, 5.41) is 6.18. The van der Waals surface area contributed by atoms with E-state index in [1.807, 2.05) is 48.5 Å². The van der Waals surface area contributed by atoms with E-state index < -0.39 is 0 Å². The molecule has 0 saturated heterocycles. The van der Waals surface area contributed by atoms with Gasteiger partial charge in [-0.05, 0) is 67.1 Å². The van der Waals surface area contributed by atoms with Crippen LogP contribution in [0.3, 0.4) is 0 Å². The Morgan fingerprint density at radius 1 is 1.22 bits per heavy atom. The Morgan fingerprint density at radius 2 is 1.97 bits per heavy atom. The molecule has 0 aliphatic carbocycles. The number of rotatable bonds is 5. The lowest BCUT2D eigenvalue weighted by atomic mass is 9.79. The molecule has 1 atom stereocenters. The topological polar surface area (TPSA) is 44.7 Å². The number of hydrazone groups is 1. The van der Waals surface area contributed by atoms with Gasteiger partial charge in [-0.2, -0.15) is 5.10 Å². The van der Waals surface area contributed by atoms with Crippen LogP contribution in [-0.2, 0) is 11.2 Å². The Labute approximate surface area is 189 Å². The second-order valence-electron chi connectivity index (χ2n) is 9.20. The van der Waals surface area contributed by atoms with E-state index in [1.165, 1.54) is 6.21 Å². The normalized spacial score (nSPS) is 17.5. The van der Waals surface area contributed by atoms with Gasteiger partial charge >= 0.3 is 0 Å². The van der Waals surface area contributed by atoms with Gasteiger partial charge in [-0.3, -0.25) is 4.79 Å². The summed E-state index contributed by atoms with van der Waals surface area (Å²) in [4.78, 5) is 14.7. The van der Waals surface area contributed by atoms with E-state index in [4.69, 9.17) is 0 Å². The van der Waals surface area contributed by atoms with Gasteiger partial charge in [-0.15, -0.1) is 0 Å². The zero-order chi connectivity index (χ0) is 22.9. The van der Waals surface area contributed by atoms with E-state index in [2.05, 4.69) is 43.1 Å². The summed E-state index contributed by atoms with van der Waals surface area (Å²) >= 11 is 0. The smallest absolute Gasteiger partial charge is 0.244 e. The fourth-order valence-corrected chi connectivity index (χ4v) is 5.05. The summed E-state index contributed by atoms with van der Waals surface area (Å²) in [5.74, 6) is -0.251. The summed E-state index contributed by atoms with van der Waals surface area (Å²) in [7, 11) is 0. The molecule has 1 amide bonds. The second-order valence-corrected chi connectivity index (χ2v) is 9.20. The van der Waals surface area contributed by atoms with Crippen molar-refractivity contribution in [3.05, 3.63) is 77.1 Å². The van der Waals surface area contributed by atoms with Crippen LogP contribution >= 0.6 is 0 Å². The van der Waals surface area contributed by atoms with Crippen LogP contribution in [0.15, 0.2) is 59.7 Å². The minimum absolute atomic E-state index is 0.0151. The number of fused-ring (bicyclic) bond motifs is 2. The average molecular weight is 432 g/mol. The molecule has 0 bridgehead atoms. The van der Waals surface area contributed by atoms with Crippen LogP contribution in [-0.4, -0.2) is 24.2 Å². The van der Waals surface area contributed by atoms with Crippen molar-refractivity contribution < 1.29 is 9.18 Å². The zero-order valence-electron chi connectivity index (χ0n) is 19.2. The lowest BCUT2D eigenvalue weighted by molar-refractivity contribution is -0.120. The maximum absolute atomic E-state index is 14.9. The Balaban J connectivity index is 1.50. The lowest BCUT2D eigenvalue weighted by Gasteiger charge is -2.47. The minimum atomic E-state index is -0.334. The number of nitrogens with zero attached hydrogens (tertiary/aromatic N) is 2. The van der Waals surface area contributed by atoms with E-state index in [0.717, 1.165) is 40.6 Å². The summed E-state index contributed by atoms with van der Waals surface area (Å²) in [6, 6.07) is 17.4. The maximum atomic E-state index is 14.9. The van der Waals surface area contributed by atoms with Crippen LogP contribution in [0.2, 0.25) is 0 Å². The van der Waals surface area contributed by atoms with Crippen molar-refractivity contribution in [1.29, 1.82) is 0 Å². The molecule has 4 rings (SSSR count). The Kier molecular flexibility index (Phi) is 6.00. The number of amides is 1. The molecule has 1 aliphatic heterocycles. The van der Waals surface area contributed by atoms with Gasteiger partial charge < -0.3 is 4.90 Å². The van der Waals surface area contributed by atoms with E-state index in [0.29, 0.717) is 11.5 Å². The molecule has 3 aromatic carbocycles. The predicted octanol–water partition coefficient (Wildman–Crippen LogP) is 5.78. The van der Waals surface area contributed by atoms with Crippen LogP contribution in [0.4, 0.5) is 10.1 Å². The number of hydrogen-bond acceptors (Lipinski definition) is 3. The molecule has 5 heteroatoms. The van der Waals surface area contributed by atoms with E-state index in [1.54, 1.807) is 6.07 Å². The zero-order valence-corrected chi connectivity index (χ0v) is 19.2. The lowest BCUT2D eigenvalue weighted by Crippen LogP contribution is -2.48. The number of anilines is 1. The Morgan fingerprint density at radius 3 is 2.75 bits per heavy atom. The number of halogens is 1. The van der Waals surface area contributed by atoms with Crippen LogP contribution in [0.1, 0.15) is 56.7 Å². The average Bonchev–Trinajstić information content (AvgIpc) is 2.74. The molecule has 1 heterocycles. The maximum Gasteiger partial charge on any atom is 0.244 e. The summed E-state index contributed by atoms with van der Waals surface area (Å²) in [6.07, 6.45) is 2.61. The van der Waals surface area contributed by atoms with Crippen LogP contribution < -0.4 is 10.3 Å². The SMILES string of the molecule is CCN1c2cc(F)c(/C=N\NC(=O)Cc3cccc4ccccc34)cc2C(C)CC1(C)C. The van der Waals surface area contributed by atoms with Gasteiger partial charge in [0.15, 0.2) is 0 Å². The third kappa shape index (κ3) is 4.24. The highest BCUT2D eigenvalue weighted by Gasteiger charge is 2.36. The van der Waals surface area contributed by atoms with Gasteiger partial charge in [0.05, 0.1) is 12.6 Å². The molecular weight excluding hydrogens is 401 g/mol. The predicted molar refractivity (Wildman–Crippen MR) is 130 cm³/mol. The van der Waals surface area contributed by atoms with Crippen molar-refractivity contribution in [2.45, 2.75) is 52.0 Å². The van der Waals surface area contributed by atoms with Crippen molar-refractivity contribution in [3.8, 4) is 0 Å². The van der Waals surface area contributed by atoms with E-state index in [-0.39, 0.29) is 23.7 Å². The summed E-state index contributed by atoms with van der Waals surface area (Å²) in [6.45, 7) is 9.51. The molecule has 32 heavy (non-hydrogen) atoms. The molecule has 0 saturated carbocycles. The third-order valence-corrected chi connectivity index (χ3v) is 6.44. The molecule has 1 N–H and O–H groups in total.